The van der Waals surface area contributed by atoms with Gasteiger partial charge in [-0.3, -0.25) is 15.1 Å². The molecular formula is C26H23F6N3O2. The molecular weight excluding hydrogens is 500 g/mol. The van der Waals surface area contributed by atoms with E-state index >= 15 is 0 Å². The average Bonchev–Trinajstić information content (AvgIpc) is 3.14. The minimum atomic E-state index is -4.84. The molecule has 5 nitrogen and oxygen atoms in total. The highest BCUT2D eigenvalue weighted by atomic mass is 19.4. The molecule has 0 saturated carbocycles. The molecule has 2 aromatic carbocycles. The predicted octanol–water partition coefficient (Wildman–Crippen LogP) is 6.37. The largest absolute Gasteiger partial charge is 0.573 e. The van der Waals surface area contributed by atoms with E-state index in [1.807, 2.05) is 30.3 Å². The molecule has 1 aliphatic heterocycles. The Bertz CT molecular complexity index is 1230. The highest BCUT2D eigenvalue weighted by molar-refractivity contribution is 6.00. The summed E-state index contributed by atoms with van der Waals surface area (Å²) in [6, 6.07) is 15.2. The number of carbonyl (C=O) groups is 1. The fourth-order valence-electron chi connectivity index (χ4n) is 4.40. The maximum Gasteiger partial charge on any atom is 0.573 e. The molecule has 1 aliphatic rings. The van der Waals surface area contributed by atoms with Crippen LogP contribution in [-0.2, 0) is 16.5 Å². The molecule has 4 rings (SSSR count). The summed E-state index contributed by atoms with van der Waals surface area (Å²) in [6.07, 6.45) is -7.96. The number of aromatic nitrogens is 1. The van der Waals surface area contributed by atoms with E-state index in [2.05, 4.69) is 15.0 Å². The van der Waals surface area contributed by atoms with E-state index in [-0.39, 0.29) is 5.91 Å². The first-order chi connectivity index (χ1) is 17.2. The first kappa shape index (κ1) is 26.5. The lowest BCUT2D eigenvalue weighted by molar-refractivity contribution is -0.274. The summed E-state index contributed by atoms with van der Waals surface area (Å²) >= 11 is 0. The van der Waals surface area contributed by atoms with Gasteiger partial charge in [0.25, 0.3) is 0 Å². The van der Waals surface area contributed by atoms with Gasteiger partial charge in [0, 0.05) is 17.4 Å². The summed E-state index contributed by atoms with van der Waals surface area (Å²) < 4.78 is 80.4. The van der Waals surface area contributed by atoms with E-state index < -0.39 is 41.6 Å². The van der Waals surface area contributed by atoms with Crippen molar-refractivity contribution in [3.8, 4) is 5.75 Å². The second kappa shape index (κ2) is 9.70. The van der Waals surface area contributed by atoms with Gasteiger partial charge in [0.15, 0.2) is 0 Å². The van der Waals surface area contributed by atoms with Crippen LogP contribution in [0.5, 0.6) is 5.75 Å². The van der Waals surface area contributed by atoms with Crippen LogP contribution in [0, 0.1) is 0 Å². The molecule has 0 unspecified atom stereocenters. The summed E-state index contributed by atoms with van der Waals surface area (Å²) in [5.41, 5.74) is -0.274. The van der Waals surface area contributed by atoms with Crippen molar-refractivity contribution in [3.63, 3.8) is 0 Å². The highest BCUT2D eigenvalue weighted by Crippen LogP contribution is 2.39. The Hall–Kier alpha value is -3.60. The molecule has 0 radical (unpaired) electrons. The zero-order valence-electron chi connectivity index (χ0n) is 19.8. The van der Waals surface area contributed by atoms with Crippen LogP contribution in [0.4, 0.5) is 32.0 Å². The van der Waals surface area contributed by atoms with E-state index in [9.17, 15) is 31.1 Å². The van der Waals surface area contributed by atoms with Crippen LogP contribution in [0.15, 0.2) is 72.9 Å². The normalized spacial score (nSPS) is 18.8. The van der Waals surface area contributed by atoms with Crippen molar-refractivity contribution in [2.24, 2.45) is 0 Å². The molecule has 1 N–H and O–H groups in total. The molecule has 1 aromatic heterocycles. The first-order valence-corrected chi connectivity index (χ1v) is 11.3. The summed E-state index contributed by atoms with van der Waals surface area (Å²) in [7, 11) is 0. The van der Waals surface area contributed by atoms with Gasteiger partial charge >= 0.3 is 12.5 Å². The van der Waals surface area contributed by atoms with Gasteiger partial charge in [-0.2, -0.15) is 13.2 Å². The highest BCUT2D eigenvalue weighted by Gasteiger charge is 2.43. The first-order valence-electron chi connectivity index (χ1n) is 11.3. The fourth-order valence-corrected chi connectivity index (χ4v) is 4.40. The average molecular weight is 523 g/mol. The number of hydrogen-bond acceptors (Lipinski definition) is 4. The van der Waals surface area contributed by atoms with Gasteiger partial charge < -0.3 is 9.64 Å². The number of anilines is 1. The minimum absolute atomic E-state index is 0.321. The number of alkyl halides is 6. The van der Waals surface area contributed by atoms with Crippen LogP contribution in [0.2, 0.25) is 0 Å². The molecule has 11 heteroatoms. The number of hydrogen-bond donors (Lipinski definition) is 1. The monoisotopic (exact) mass is 523 g/mol. The number of ether oxygens (including phenoxy) is 1. The Balaban J connectivity index is 1.61. The molecule has 1 saturated heterocycles. The quantitative estimate of drug-likeness (QED) is 0.382. The third-order valence-corrected chi connectivity index (χ3v) is 6.15. The van der Waals surface area contributed by atoms with E-state index in [4.69, 9.17) is 0 Å². The Morgan fingerprint density at radius 2 is 1.57 bits per heavy atom. The van der Waals surface area contributed by atoms with Crippen LogP contribution in [0.1, 0.15) is 43.1 Å². The Labute approximate surface area is 209 Å². The van der Waals surface area contributed by atoms with Crippen molar-refractivity contribution < 1.29 is 35.9 Å². The van der Waals surface area contributed by atoms with E-state index in [1.165, 1.54) is 23.1 Å². The van der Waals surface area contributed by atoms with Crippen molar-refractivity contribution in [2.75, 3.05) is 4.90 Å². The van der Waals surface area contributed by atoms with E-state index in [1.54, 1.807) is 13.8 Å². The Morgan fingerprint density at radius 3 is 2.11 bits per heavy atom. The fraction of sp³-hybridized carbons (Fsp3) is 0.308. The third kappa shape index (κ3) is 6.04. The minimum Gasteiger partial charge on any atom is -0.406 e. The SMILES string of the molecule is CC(C)(N[C@H]1C[C@@H](c2ccccc2)N(c2ccc(OC(F)(F)F)cc2)C1=O)c1ccc(C(F)(F)F)nc1. The van der Waals surface area contributed by atoms with Crippen molar-refractivity contribution >= 4 is 11.6 Å². The second-order valence-corrected chi connectivity index (χ2v) is 9.16. The lowest BCUT2D eigenvalue weighted by Crippen LogP contribution is -2.47. The summed E-state index contributed by atoms with van der Waals surface area (Å²) in [5, 5.41) is 3.24. The second-order valence-electron chi connectivity index (χ2n) is 9.16. The van der Waals surface area contributed by atoms with Crippen LogP contribution >= 0.6 is 0 Å². The van der Waals surface area contributed by atoms with E-state index in [0.29, 0.717) is 17.7 Å². The number of nitrogens with one attached hydrogen (secondary N) is 1. The molecule has 37 heavy (non-hydrogen) atoms. The van der Waals surface area contributed by atoms with Crippen LogP contribution in [-0.4, -0.2) is 23.3 Å². The van der Waals surface area contributed by atoms with Gasteiger partial charge in [-0.05, 0) is 61.7 Å². The molecule has 1 amide bonds. The maximum absolute atomic E-state index is 13.6. The number of halogens is 6. The molecule has 3 aromatic rings. The number of amides is 1. The topological polar surface area (TPSA) is 54.5 Å². The van der Waals surface area contributed by atoms with Crippen molar-refractivity contribution in [1.29, 1.82) is 0 Å². The smallest absolute Gasteiger partial charge is 0.406 e. The summed E-state index contributed by atoms with van der Waals surface area (Å²) in [5.74, 6) is -0.740. The van der Waals surface area contributed by atoms with Gasteiger partial charge in [-0.15, -0.1) is 13.2 Å². The molecule has 196 valence electrons. The maximum atomic E-state index is 13.6. The number of rotatable bonds is 6. The molecule has 0 spiro atoms. The van der Waals surface area contributed by atoms with Gasteiger partial charge in [0.2, 0.25) is 5.91 Å². The number of carbonyl (C=O) groups excluding carboxylic acids is 1. The van der Waals surface area contributed by atoms with Crippen molar-refractivity contribution in [2.45, 2.75) is 50.4 Å². The molecule has 2 heterocycles. The predicted molar refractivity (Wildman–Crippen MR) is 124 cm³/mol. The Morgan fingerprint density at radius 1 is 0.919 bits per heavy atom. The van der Waals surface area contributed by atoms with Gasteiger partial charge in [0.1, 0.15) is 11.4 Å². The van der Waals surface area contributed by atoms with Crippen LogP contribution in [0.3, 0.4) is 0 Å². The summed E-state index contributed by atoms with van der Waals surface area (Å²) in [4.78, 5) is 18.6. The number of nitrogens with zero attached hydrogens (tertiary/aromatic N) is 2. The molecule has 2 atom stereocenters. The van der Waals surface area contributed by atoms with Crippen LogP contribution < -0.4 is 15.0 Å². The zero-order chi connectivity index (χ0) is 27.0. The number of pyridine rings is 1. The molecule has 0 aliphatic carbocycles. The van der Waals surface area contributed by atoms with Gasteiger partial charge in [0.05, 0.1) is 12.1 Å². The van der Waals surface area contributed by atoms with Gasteiger partial charge in [-0.1, -0.05) is 36.4 Å². The zero-order valence-corrected chi connectivity index (χ0v) is 19.8. The van der Waals surface area contributed by atoms with Crippen molar-refractivity contribution in [3.05, 3.63) is 89.7 Å². The van der Waals surface area contributed by atoms with Gasteiger partial charge in [-0.25, -0.2) is 0 Å². The van der Waals surface area contributed by atoms with Crippen molar-refractivity contribution in [1.82, 2.24) is 10.3 Å². The molecule has 0 bridgehead atoms. The standard InChI is InChI=1S/C26H23F6N3O2/c1-24(2,17-8-13-22(33-15-17)25(27,28)29)34-20-14-21(16-6-4-3-5-7-16)35(23(20)36)18-9-11-19(12-10-18)37-26(30,31)32/h3-13,15,20-21,34H,14H2,1-2H3/t20-,21-/m0/s1. The number of benzene rings is 2. The molecule has 1 fully saturated rings. The van der Waals surface area contributed by atoms with E-state index in [0.717, 1.165) is 30.0 Å². The van der Waals surface area contributed by atoms with Crippen LogP contribution in [0.25, 0.3) is 0 Å². The Kier molecular flexibility index (Phi) is 6.93. The third-order valence-electron chi connectivity index (χ3n) is 6.15. The lowest BCUT2D eigenvalue weighted by atomic mass is 9.93. The summed E-state index contributed by atoms with van der Waals surface area (Å²) in [6.45, 7) is 3.46. The lowest BCUT2D eigenvalue weighted by Gasteiger charge is -2.30.